The average molecular weight is 502 g/mol. The number of H-pyrrole nitrogens is 1. The molecule has 12 heteroatoms. The zero-order chi connectivity index (χ0) is 25.5. The van der Waals surface area contributed by atoms with Gasteiger partial charge in [0.1, 0.15) is 22.8 Å². The Morgan fingerprint density at radius 2 is 1.83 bits per heavy atom. The minimum absolute atomic E-state index is 0.0144. The number of carbonyl (C=O) groups excluding carboxylic acids is 1. The van der Waals surface area contributed by atoms with E-state index in [0.717, 1.165) is 12.1 Å². The standard InChI is InChI=1S/C23H20F2N4O5S/c1-3-35(32,33)28-13-5-7-19(34-20-6-4-12(24)8-17(20)25)14(9-13)16-11-29(2)23(31)21-15(16)10-18(27-21)22(26)30/h4-11,27-28H,3H2,1-2H3,(H2,26,30). The molecule has 9 nitrogen and oxygen atoms in total. The monoisotopic (exact) mass is 502 g/mol. The molecular formula is C23H20F2N4O5S. The van der Waals surface area contributed by atoms with Crippen LogP contribution in [0.15, 0.2) is 53.5 Å². The number of sulfonamides is 1. The van der Waals surface area contributed by atoms with Crippen LogP contribution in [0.1, 0.15) is 17.4 Å². The highest BCUT2D eigenvalue weighted by Crippen LogP contribution is 2.39. The van der Waals surface area contributed by atoms with E-state index >= 15 is 0 Å². The number of aryl methyl sites for hydroxylation is 1. The highest BCUT2D eigenvalue weighted by atomic mass is 32.2. The first-order valence-corrected chi connectivity index (χ1v) is 11.9. The molecule has 4 aromatic rings. The number of primary amides is 1. The molecule has 0 atom stereocenters. The van der Waals surface area contributed by atoms with Gasteiger partial charge in [0.25, 0.3) is 11.5 Å². The number of benzene rings is 2. The summed E-state index contributed by atoms with van der Waals surface area (Å²) < 4.78 is 61.4. The number of pyridine rings is 1. The maximum atomic E-state index is 14.3. The maximum Gasteiger partial charge on any atom is 0.274 e. The topological polar surface area (TPSA) is 136 Å². The summed E-state index contributed by atoms with van der Waals surface area (Å²) in [5, 5.41) is 0.307. The molecular weight excluding hydrogens is 482 g/mol. The second-order valence-electron chi connectivity index (χ2n) is 7.69. The van der Waals surface area contributed by atoms with Crippen LogP contribution in [0.2, 0.25) is 0 Å². The van der Waals surface area contributed by atoms with Gasteiger partial charge in [0.15, 0.2) is 11.6 Å². The van der Waals surface area contributed by atoms with Crippen molar-refractivity contribution in [1.82, 2.24) is 9.55 Å². The van der Waals surface area contributed by atoms with Gasteiger partial charge in [0.2, 0.25) is 10.0 Å². The maximum absolute atomic E-state index is 14.3. The van der Waals surface area contributed by atoms with Gasteiger partial charge in [-0.2, -0.15) is 0 Å². The molecule has 4 rings (SSSR count). The highest BCUT2D eigenvalue weighted by molar-refractivity contribution is 7.92. The molecule has 1 amide bonds. The van der Waals surface area contributed by atoms with Crippen LogP contribution in [-0.4, -0.2) is 29.6 Å². The Morgan fingerprint density at radius 3 is 2.49 bits per heavy atom. The van der Waals surface area contributed by atoms with E-state index in [0.29, 0.717) is 17.0 Å². The lowest BCUT2D eigenvalue weighted by Crippen LogP contribution is -2.17. The molecule has 0 aliphatic heterocycles. The van der Waals surface area contributed by atoms with Crippen molar-refractivity contribution in [3.05, 3.63) is 76.3 Å². The lowest BCUT2D eigenvalue weighted by atomic mass is 10.0. The Kier molecular flexibility index (Phi) is 6.07. The van der Waals surface area contributed by atoms with Crippen LogP contribution in [0.5, 0.6) is 11.5 Å². The van der Waals surface area contributed by atoms with Crippen LogP contribution in [0.3, 0.4) is 0 Å². The first kappa shape index (κ1) is 24.0. The molecule has 0 unspecified atom stereocenters. The average Bonchev–Trinajstić information content (AvgIpc) is 3.25. The number of rotatable bonds is 7. The fourth-order valence-corrected chi connectivity index (χ4v) is 4.13. The summed E-state index contributed by atoms with van der Waals surface area (Å²) in [7, 11) is -2.15. The first-order valence-electron chi connectivity index (χ1n) is 10.3. The second-order valence-corrected chi connectivity index (χ2v) is 9.70. The van der Waals surface area contributed by atoms with Crippen LogP contribution in [0.25, 0.3) is 22.0 Å². The number of hydrogen-bond acceptors (Lipinski definition) is 5. The molecule has 0 fully saturated rings. The fourth-order valence-electron chi connectivity index (χ4n) is 3.50. The molecule has 35 heavy (non-hydrogen) atoms. The van der Waals surface area contributed by atoms with Crippen LogP contribution in [0.4, 0.5) is 14.5 Å². The number of fused-ring (bicyclic) bond motifs is 1. The van der Waals surface area contributed by atoms with E-state index in [1.54, 1.807) is 0 Å². The van der Waals surface area contributed by atoms with Crippen LogP contribution < -0.4 is 20.8 Å². The number of nitrogens with one attached hydrogen (secondary N) is 2. The van der Waals surface area contributed by atoms with Gasteiger partial charge in [-0.05, 0) is 43.3 Å². The zero-order valence-corrected chi connectivity index (χ0v) is 19.4. The number of amides is 1. The fraction of sp³-hybridized carbons (Fsp3) is 0.130. The van der Waals surface area contributed by atoms with Gasteiger partial charge in [-0.25, -0.2) is 17.2 Å². The summed E-state index contributed by atoms with van der Waals surface area (Å²) in [6.45, 7) is 1.47. The quantitative estimate of drug-likeness (QED) is 0.356. The number of ether oxygens (including phenoxy) is 1. The van der Waals surface area contributed by atoms with Crippen molar-refractivity contribution >= 4 is 32.5 Å². The lowest BCUT2D eigenvalue weighted by molar-refractivity contribution is 0.0996. The highest BCUT2D eigenvalue weighted by Gasteiger charge is 2.20. The SMILES string of the molecule is CCS(=O)(=O)Nc1ccc(Oc2ccc(F)cc2F)c(-c2cn(C)c(=O)c3[nH]c(C(N)=O)cc23)c1. The molecule has 0 aliphatic rings. The van der Waals surface area contributed by atoms with Gasteiger partial charge in [-0.1, -0.05) is 0 Å². The molecule has 2 aromatic carbocycles. The van der Waals surface area contributed by atoms with Crippen molar-refractivity contribution in [3.8, 4) is 22.6 Å². The van der Waals surface area contributed by atoms with Crippen molar-refractivity contribution in [2.45, 2.75) is 6.92 Å². The van der Waals surface area contributed by atoms with Gasteiger partial charge in [0.05, 0.1) is 5.75 Å². The Bertz CT molecular complexity index is 1640. The predicted molar refractivity (Wildman–Crippen MR) is 127 cm³/mol. The number of halogens is 2. The molecule has 2 aromatic heterocycles. The molecule has 0 radical (unpaired) electrons. The minimum Gasteiger partial charge on any atom is -0.454 e. The molecule has 0 aliphatic carbocycles. The number of hydrogen-bond donors (Lipinski definition) is 3. The van der Waals surface area contributed by atoms with Crippen LogP contribution in [-0.2, 0) is 17.1 Å². The Hall–Kier alpha value is -4.19. The largest absolute Gasteiger partial charge is 0.454 e. The molecule has 182 valence electrons. The van der Waals surface area contributed by atoms with Crippen molar-refractivity contribution in [2.24, 2.45) is 12.8 Å². The minimum atomic E-state index is -3.63. The molecule has 4 N–H and O–H groups in total. The number of aromatic amines is 1. The molecule has 2 heterocycles. The van der Waals surface area contributed by atoms with E-state index in [1.807, 2.05) is 0 Å². The van der Waals surface area contributed by atoms with Crippen LogP contribution >= 0.6 is 0 Å². The molecule has 0 saturated heterocycles. The third-order valence-electron chi connectivity index (χ3n) is 5.27. The van der Waals surface area contributed by atoms with E-state index in [2.05, 4.69) is 9.71 Å². The number of nitrogens with two attached hydrogens (primary N) is 1. The summed E-state index contributed by atoms with van der Waals surface area (Å²) in [4.78, 5) is 27.1. The summed E-state index contributed by atoms with van der Waals surface area (Å²) >= 11 is 0. The van der Waals surface area contributed by atoms with Gasteiger partial charge in [-0.3, -0.25) is 14.3 Å². The van der Waals surface area contributed by atoms with Crippen molar-refractivity contribution < 1.29 is 26.7 Å². The number of carbonyl (C=O) groups is 1. The Morgan fingerprint density at radius 1 is 1.11 bits per heavy atom. The van der Waals surface area contributed by atoms with Crippen molar-refractivity contribution in [3.63, 3.8) is 0 Å². The van der Waals surface area contributed by atoms with Gasteiger partial charge in [-0.15, -0.1) is 0 Å². The molecule has 0 saturated carbocycles. The number of anilines is 1. The lowest BCUT2D eigenvalue weighted by Gasteiger charge is -2.16. The summed E-state index contributed by atoms with van der Waals surface area (Å²) in [6, 6.07) is 8.45. The van der Waals surface area contributed by atoms with Gasteiger partial charge >= 0.3 is 0 Å². The number of nitrogens with zero attached hydrogens (tertiary/aromatic N) is 1. The van der Waals surface area contributed by atoms with Crippen molar-refractivity contribution in [2.75, 3.05) is 10.5 Å². The van der Waals surface area contributed by atoms with E-state index in [-0.39, 0.29) is 39.7 Å². The van der Waals surface area contributed by atoms with Crippen LogP contribution in [0, 0.1) is 11.6 Å². The Labute approximate surface area is 198 Å². The van der Waals surface area contributed by atoms with E-state index in [1.165, 1.54) is 49.0 Å². The third kappa shape index (κ3) is 4.73. The number of aromatic nitrogens is 2. The van der Waals surface area contributed by atoms with E-state index in [4.69, 9.17) is 10.5 Å². The normalized spacial score (nSPS) is 11.5. The predicted octanol–water partition coefficient (Wildman–Crippen LogP) is 3.46. The smallest absolute Gasteiger partial charge is 0.274 e. The van der Waals surface area contributed by atoms with E-state index < -0.39 is 33.1 Å². The van der Waals surface area contributed by atoms with Gasteiger partial charge < -0.3 is 20.0 Å². The molecule has 0 bridgehead atoms. The Balaban J connectivity index is 1.98. The zero-order valence-electron chi connectivity index (χ0n) is 18.6. The van der Waals surface area contributed by atoms with Crippen molar-refractivity contribution in [1.29, 1.82) is 0 Å². The summed E-state index contributed by atoms with van der Waals surface area (Å²) in [6.07, 6.45) is 1.46. The second kappa shape index (κ2) is 8.87. The van der Waals surface area contributed by atoms with Gasteiger partial charge in [0, 0.05) is 41.5 Å². The summed E-state index contributed by atoms with van der Waals surface area (Å²) in [5.74, 6) is -2.89. The summed E-state index contributed by atoms with van der Waals surface area (Å²) in [5.41, 5.74) is 5.81. The molecule has 0 spiro atoms. The first-order chi connectivity index (χ1) is 16.5. The third-order valence-corrected chi connectivity index (χ3v) is 6.57. The van der Waals surface area contributed by atoms with E-state index in [9.17, 15) is 26.8 Å².